The van der Waals surface area contributed by atoms with Crippen LogP contribution in [0.15, 0.2) is 0 Å². The maximum atomic E-state index is 11.3. The molecule has 3 N–H and O–H groups in total. The molecule has 0 aliphatic heterocycles. The van der Waals surface area contributed by atoms with Crippen LogP contribution in [-0.4, -0.2) is 36.1 Å². The molecule has 0 atom stereocenters. The predicted molar refractivity (Wildman–Crippen MR) is 64.8 cm³/mol. The fourth-order valence-electron chi connectivity index (χ4n) is 1.57. The van der Waals surface area contributed by atoms with Gasteiger partial charge in [-0.1, -0.05) is 6.42 Å². The molecule has 5 nitrogen and oxygen atoms in total. The van der Waals surface area contributed by atoms with Gasteiger partial charge in [0, 0.05) is 32.0 Å². The van der Waals surface area contributed by atoms with Crippen LogP contribution >= 0.6 is 0 Å². The van der Waals surface area contributed by atoms with Gasteiger partial charge in [0.05, 0.1) is 0 Å². The molecule has 0 unspecified atom stereocenters. The maximum absolute atomic E-state index is 11.3. The Hall–Kier alpha value is -1.10. The second kappa shape index (κ2) is 8.06. The fraction of sp³-hybridized carbons (Fsp3) is 0.833. The number of carboxylic acid groups (broad SMARTS) is 1. The fourth-order valence-corrected chi connectivity index (χ4v) is 1.57. The minimum atomic E-state index is -0.750. The van der Waals surface area contributed by atoms with Crippen molar-refractivity contribution in [2.75, 3.05) is 13.1 Å². The molecule has 0 spiro atoms. The van der Waals surface area contributed by atoms with Crippen LogP contribution in [0.4, 0.5) is 0 Å². The van der Waals surface area contributed by atoms with Crippen molar-refractivity contribution in [1.82, 2.24) is 10.6 Å². The van der Waals surface area contributed by atoms with Crippen molar-refractivity contribution in [3.63, 3.8) is 0 Å². The predicted octanol–water partition coefficient (Wildman–Crippen LogP) is 0.890. The lowest BCUT2D eigenvalue weighted by molar-refractivity contribution is -0.137. The van der Waals surface area contributed by atoms with Gasteiger partial charge in [0.2, 0.25) is 5.91 Å². The number of amides is 1. The number of aliphatic carboxylic acids is 1. The molecule has 1 rings (SSSR count). The van der Waals surface area contributed by atoms with E-state index in [1.807, 2.05) is 0 Å². The number of rotatable bonds is 10. The van der Waals surface area contributed by atoms with Gasteiger partial charge in [-0.05, 0) is 25.7 Å². The van der Waals surface area contributed by atoms with Crippen LogP contribution in [0.25, 0.3) is 0 Å². The van der Waals surface area contributed by atoms with E-state index < -0.39 is 5.97 Å². The summed E-state index contributed by atoms with van der Waals surface area (Å²) in [6, 6.07) is 0.652. The number of hydrogen-bond acceptors (Lipinski definition) is 3. The van der Waals surface area contributed by atoms with Gasteiger partial charge in [-0.25, -0.2) is 0 Å². The Bertz CT molecular complexity index is 252. The van der Waals surface area contributed by atoms with Crippen molar-refractivity contribution in [3.05, 3.63) is 0 Å². The lowest BCUT2D eigenvalue weighted by Crippen LogP contribution is -2.29. The first-order valence-electron chi connectivity index (χ1n) is 6.40. The molecule has 0 radical (unpaired) electrons. The molecule has 5 heteroatoms. The second-order valence-electron chi connectivity index (χ2n) is 4.53. The highest BCUT2D eigenvalue weighted by atomic mass is 16.4. The van der Waals surface area contributed by atoms with Crippen LogP contribution < -0.4 is 10.6 Å². The molecule has 1 aliphatic carbocycles. The highest BCUT2D eigenvalue weighted by Gasteiger charge is 2.19. The van der Waals surface area contributed by atoms with Crippen molar-refractivity contribution < 1.29 is 14.7 Å². The van der Waals surface area contributed by atoms with Crippen LogP contribution in [0.5, 0.6) is 0 Å². The Labute approximate surface area is 102 Å². The molecule has 0 saturated heterocycles. The van der Waals surface area contributed by atoms with Gasteiger partial charge in [-0.15, -0.1) is 0 Å². The first-order chi connectivity index (χ1) is 8.18. The largest absolute Gasteiger partial charge is 0.481 e. The quantitative estimate of drug-likeness (QED) is 0.497. The van der Waals surface area contributed by atoms with E-state index in [9.17, 15) is 9.59 Å². The van der Waals surface area contributed by atoms with Gasteiger partial charge < -0.3 is 15.7 Å². The van der Waals surface area contributed by atoms with Gasteiger partial charge in [0.15, 0.2) is 0 Å². The zero-order valence-corrected chi connectivity index (χ0v) is 10.2. The van der Waals surface area contributed by atoms with E-state index in [1.165, 1.54) is 12.8 Å². The minimum Gasteiger partial charge on any atom is -0.481 e. The molecular formula is C12H22N2O3. The van der Waals surface area contributed by atoms with E-state index in [1.54, 1.807) is 0 Å². The van der Waals surface area contributed by atoms with Crippen LogP contribution in [0.3, 0.4) is 0 Å². The molecule has 0 aromatic carbocycles. The molecule has 98 valence electrons. The molecular weight excluding hydrogens is 220 g/mol. The van der Waals surface area contributed by atoms with E-state index in [-0.39, 0.29) is 12.3 Å². The minimum absolute atomic E-state index is 0.0800. The normalized spacial score (nSPS) is 14.6. The number of unbranched alkanes of at least 4 members (excludes halogenated alkanes) is 2. The highest BCUT2D eigenvalue weighted by molar-refractivity contribution is 5.76. The summed E-state index contributed by atoms with van der Waals surface area (Å²) in [4.78, 5) is 21.6. The Morgan fingerprint density at radius 3 is 2.47 bits per heavy atom. The average molecular weight is 242 g/mol. The summed E-state index contributed by atoms with van der Waals surface area (Å²) in [5.74, 6) is -0.670. The highest BCUT2D eigenvalue weighted by Crippen LogP contribution is 2.18. The van der Waals surface area contributed by atoms with Gasteiger partial charge in [-0.2, -0.15) is 0 Å². The van der Waals surface area contributed by atoms with E-state index >= 15 is 0 Å². The monoisotopic (exact) mass is 242 g/mol. The summed E-state index contributed by atoms with van der Waals surface area (Å²) in [6.45, 7) is 1.41. The summed E-state index contributed by atoms with van der Waals surface area (Å²) < 4.78 is 0. The Morgan fingerprint density at radius 1 is 1.06 bits per heavy atom. The Morgan fingerprint density at radius 2 is 1.82 bits per heavy atom. The van der Waals surface area contributed by atoms with Gasteiger partial charge in [-0.3, -0.25) is 9.59 Å². The number of carbonyl (C=O) groups is 2. The van der Waals surface area contributed by atoms with Crippen molar-refractivity contribution in [3.8, 4) is 0 Å². The molecule has 0 bridgehead atoms. The number of nitrogens with one attached hydrogen (secondary N) is 2. The second-order valence-corrected chi connectivity index (χ2v) is 4.53. The van der Waals surface area contributed by atoms with Gasteiger partial charge >= 0.3 is 5.97 Å². The zero-order valence-electron chi connectivity index (χ0n) is 10.2. The maximum Gasteiger partial charge on any atom is 0.303 e. The van der Waals surface area contributed by atoms with Crippen LogP contribution in [0, 0.1) is 0 Å². The smallest absolute Gasteiger partial charge is 0.303 e. The summed E-state index contributed by atoms with van der Waals surface area (Å²) >= 11 is 0. The van der Waals surface area contributed by atoms with E-state index in [0.717, 1.165) is 19.4 Å². The van der Waals surface area contributed by atoms with Crippen molar-refractivity contribution in [2.24, 2.45) is 0 Å². The molecule has 17 heavy (non-hydrogen) atoms. The van der Waals surface area contributed by atoms with Gasteiger partial charge in [0.1, 0.15) is 0 Å². The molecule has 1 saturated carbocycles. The van der Waals surface area contributed by atoms with Crippen molar-refractivity contribution in [2.45, 2.75) is 51.0 Å². The van der Waals surface area contributed by atoms with Crippen molar-refractivity contribution >= 4 is 11.9 Å². The third-order valence-corrected chi connectivity index (χ3v) is 2.75. The summed E-state index contributed by atoms with van der Waals surface area (Å²) in [7, 11) is 0. The molecule has 1 fully saturated rings. The molecule has 0 aromatic rings. The first-order valence-corrected chi connectivity index (χ1v) is 6.40. The van der Waals surface area contributed by atoms with E-state index in [4.69, 9.17) is 5.11 Å². The van der Waals surface area contributed by atoms with E-state index in [2.05, 4.69) is 10.6 Å². The van der Waals surface area contributed by atoms with Gasteiger partial charge in [0.25, 0.3) is 0 Å². The number of carboxylic acids is 1. The number of carbonyl (C=O) groups excluding carboxylic acids is 1. The third-order valence-electron chi connectivity index (χ3n) is 2.75. The molecule has 1 amide bonds. The van der Waals surface area contributed by atoms with Crippen LogP contribution in [-0.2, 0) is 9.59 Å². The standard InChI is InChI=1S/C12H22N2O3/c15-11(7-9-13-10-5-6-10)14-8-3-1-2-4-12(16)17/h10,13H,1-9H2,(H,14,15)(H,16,17). The topological polar surface area (TPSA) is 78.4 Å². The Kier molecular flexibility index (Phi) is 6.62. The number of hydrogen-bond donors (Lipinski definition) is 3. The third kappa shape index (κ3) is 8.68. The Balaban J connectivity index is 1.80. The SMILES string of the molecule is O=C(O)CCCCCNC(=O)CCNC1CC1. The molecule has 0 heterocycles. The zero-order chi connectivity index (χ0) is 12.5. The van der Waals surface area contributed by atoms with Crippen molar-refractivity contribution in [1.29, 1.82) is 0 Å². The molecule has 1 aliphatic rings. The lowest BCUT2D eigenvalue weighted by Gasteiger charge is -2.05. The van der Waals surface area contributed by atoms with E-state index in [0.29, 0.717) is 25.4 Å². The summed E-state index contributed by atoms with van der Waals surface area (Å²) in [6.07, 6.45) is 5.64. The first kappa shape index (κ1) is 14.0. The van der Waals surface area contributed by atoms with Crippen LogP contribution in [0.1, 0.15) is 44.9 Å². The average Bonchev–Trinajstić information content (AvgIpc) is 3.06. The molecule has 0 aromatic heterocycles. The summed E-state index contributed by atoms with van der Waals surface area (Å²) in [5.41, 5.74) is 0. The van der Waals surface area contributed by atoms with Crippen LogP contribution in [0.2, 0.25) is 0 Å². The lowest BCUT2D eigenvalue weighted by atomic mass is 10.2. The summed E-state index contributed by atoms with van der Waals surface area (Å²) in [5, 5.41) is 14.6.